The standard InChI is InChI=1S/C15H16N2O4/c1-2-17(11-5-3-6-12(18)9-11)14(19)10-16-8-4-7-13(16)15(20)21/h3-9,18H,2,10H2,1H3,(H,20,21). The average molecular weight is 288 g/mol. The van der Waals surface area contributed by atoms with E-state index in [2.05, 4.69) is 0 Å². The average Bonchev–Trinajstić information content (AvgIpc) is 2.88. The predicted molar refractivity (Wildman–Crippen MR) is 77.5 cm³/mol. The van der Waals surface area contributed by atoms with Gasteiger partial charge in [0.05, 0.1) is 0 Å². The van der Waals surface area contributed by atoms with Crippen LogP contribution in [0, 0.1) is 0 Å². The zero-order valence-electron chi connectivity index (χ0n) is 11.6. The molecule has 2 rings (SSSR count). The number of hydrogen-bond acceptors (Lipinski definition) is 3. The van der Waals surface area contributed by atoms with Gasteiger partial charge in [-0.25, -0.2) is 4.79 Å². The summed E-state index contributed by atoms with van der Waals surface area (Å²) in [6.45, 7) is 2.17. The zero-order chi connectivity index (χ0) is 15.4. The fourth-order valence-electron chi connectivity index (χ4n) is 2.14. The minimum atomic E-state index is -1.08. The number of aromatic nitrogens is 1. The van der Waals surface area contributed by atoms with Crippen molar-refractivity contribution in [3.05, 3.63) is 48.3 Å². The molecule has 2 N–H and O–H groups in total. The van der Waals surface area contributed by atoms with Gasteiger partial charge in [0.1, 0.15) is 18.0 Å². The van der Waals surface area contributed by atoms with E-state index in [1.165, 1.54) is 27.7 Å². The van der Waals surface area contributed by atoms with Gasteiger partial charge in [-0.15, -0.1) is 0 Å². The second kappa shape index (κ2) is 6.13. The van der Waals surface area contributed by atoms with Crippen LogP contribution < -0.4 is 4.90 Å². The number of carbonyl (C=O) groups is 2. The molecule has 0 radical (unpaired) electrons. The third-order valence-electron chi connectivity index (χ3n) is 3.11. The van der Waals surface area contributed by atoms with Crippen LogP contribution in [0.4, 0.5) is 5.69 Å². The summed E-state index contributed by atoms with van der Waals surface area (Å²) in [5.41, 5.74) is 0.641. The first-order valence-corrected chi connectivity index (χ1v) is 6.50. The highest BCUT2D eigenvalue weighted by molar-refractivity contribution is 5.94. The topological polar surface area (TPSA) is 82.8 Å². The highest BCUT2D eigenvalue weighted by Crippen LogP contribution is 2.20. The molecular weight excluding hydrogens is 272 g/mol. The van der Waals surface area contributed by atoms with E-state index in [4.69, 9.17) is 5.11 Å². The highest BCUT2D eigenvalue weighted by atomic mass is 16.4. The number of rotatable bonds is 5. The fourth-order valence-corrected chi connectivity index (χ4v) is 2.14. The summed E-state index contributed by atoms with van der Waals surface area (Å²) in [6, 6.07) is 9.42. The first kappa shape index (κ1) is 14.6. The summed E-state index contributed by atoms with van der Waals surface area (Å²) in [6.07, 6.45) is 1.55. The van der Waals surface area contributed by atoms with Crippen LogP contribution >= 0.6 is 0 Å². The molecule has 0 aliphatic rings. The number of phenols is 1. The first-order valence-electron chi connectivity index (χ1n) is 6.50. The quantitative estimate of drug-likeness (QED) is 0.881. The summed E-state index contributed by atoms with van der Waals surface area (Å²) in [4.78, 5) is 24.9. The van der Waals surface area contributed by atoms with E-state index < -0.39 is 5.97 Å². The molecule has 0 atom stereocenters. The molecule has 2 aromatic rings. The van der Waals surface area contributed by atoms with E-state index in [-0.39, 0.29) is 23.9 Å². The Bertz CT molecular complexity index is 663. The number of hydrogen-bond donors (Lipinski definition) is 2. The highest BCUT2D eigenvalue weighted by Gasteiger charge is 2.17. The molecule has 6 heteroatoms. The molecule has 1 amide bonds. The molecule has 0 aliphatic carbocycles. The molecule has 0 saturated carbocycles. The second-order valence-corrected chi connectivity index (χ2v) is 4.48. The Morgan fingerprint density at radius 1 is 1.24 bits per heavy atom. The number of benzene rings is 1. The lowest BCUT2D eigenvalue weighted by molar-refractivity contribution is -0.119. The number of carboxylic acids is 1. The minimum Gasteiger partial charge on any atom is -0.508 e. The summed E-state index contributed by atoms with van der Waals surface area (Å²) in [5, 5.41) is 18.5. The van der Waals surface area contributed by atoms with Crippen LogP contribution in [0.15, 0.2) is 42.6 Å². The molecule has 0 unspecified atom stereocenters. The first-order chi connectivity index (χ1) is 10.0. The van der Waals surface area contributed by atoms with Gasteiger partial charge >= 0.3 is 5.97 Å². The van der Waals surface area contributed by atoms with E-state index in [0.29, 0.717) is 12.2 Å². The van der Waals surface area contributed by atoms with Gasteiger partial charge in [0.15, 0.2) is 0 Å². The lowest BCUT2D eigenvalue weighted by atomic mass is 10.2. The Morgan fingerprint density at radius 2 is 2.00 bits per heavy atom. The largest absolute Gasteiger partial charge is 0.508 e. The summed E-state index contributed by atoms with van der Waals surface area (Å²) in [5.74, 6) is -1.25. The predicted octanol–water partition coefficient (Wildman–Crippen LogP) is 1.95. The van der Waals surface area contributed by atoms with Crippen molar-refractivity contribution in [2.24, 2.45) is 0 Å². The van der Waals surface area contributed by atoms with Crippen molar-refractivity contribution in [2.75, 3.05) is 11.4 Å². The van der Waals surface area contributed by atoms with Crippen molar-refractivity contribution in [3.63, 3.8) is 0 Å². The van der Waals surface area contributed by atoms with Crippen molar-refractivity contribution >= 4 is 17.6 Å². The van der Waals surface area contributed by atoms with Crippen molar-refractivity contribution in [3.8, 4) is 5.75 Å². The molecule has 6 nitrogen and oxygen atoms in total. The van der Waals surface area contributed by atoms with Crippen molar-refractivity contribution < 1.29 is 19.8 Å². The van der Waals surface area contributed by atoms with Gasteiger partial charge in [-0.1, -0.05) is 6.07 Å². The van der Waals surface area contributed by atoms with Crippen molar-refractivity contribution in [1.29, 1.82) is 0 Å². The lowest BCUT2D eigenvalue weighted by Crippen LogP contribution is -2.34. The van der Waals surface area contributed by atoms with Crippen LogP contribution in [-0.4, -0.2) is 33.2 Å². The number of likely N-dealkylation sites (N-methyl/N-ethyl adjacent to an activating group) is 1. The second-order valence-electron chi connectivity index (χ2n) is 4.48. The van der Waals surface area contributed by atoms with Gasteiger partial charge in [0.25, 0.3) is 0 Å². The van der Waals surface area contributed by atoms with Gasteiger partial charge in [-0.05, 0) is 31.2 Å². The number of nitrogens with zero attached hydrogens (tertiary/aromatic N) is 2. The summed E-state index contributed by atoms with van der Waals surface area (Å²) < 4.78 is 1.39. The number of carboxylic acid groups (broad SMARTS) is 1. The molecule has 110 valence electrons. The smallest absolute Gasteiger partial charge is 0.352 e. The van der Waals surface area contributed by atoms with E-state index in [9.17, 15) is 14.7 Å². The van der Waals surface area contributed by atoms with Crippen molar-refractivity contribution in [1.82, 2.24) is 4.57 Å². The number of amides is 1. The molecular formula is C15H16N2O4. The van der Waals surface area contributed by atoms with E-state index >= 15 is 0 Å². The molecule has 0 spiro atoms. The van der Waals surface area contributed by atoms with Crippen LogP contribution in [0.1, 0.15) is 17.4 Å². The van der Waals surface area contributed by atoms with Crippen LogP contribution in [0.3, 0.4) is 0 Å². The summed E-state index contributed by atoms with van der Waals surface area (Å²) >= 11 is 0. The number of aromatic hydroxyl groups is 1. The Labute approximate surface area is 121 Å². The van der Waals surface area contributed by atoms with Crippen LogP contribution in [0.5, 0.6) is 5.75 Å². The zero-order valence-corrected chi connectivity index (χ0v) is 11.6. The maximum absolute atomic E-state index is 12.4. The van der Waals surface area contributed by atoms with Gasteiger partial charge in [0.2, 0.25) is 5.91 Å². The molecule has 0 saturated heterocycles. The van der Waals surface area contributed by atoms with Gasteiger partial charge in [-0.2, -0.15) is 0 Å². The molecule has 1 heterocycles. The van der Waals surface area contributed by atoms with Gasteiger partial charge in [-0.3, -0.25) is 4.79 Å². The van der Waals surface area contributed by atoms with Gasteiger partial charge in [0, 0.05) is 24.5 Å². The van der Waals surface area contributed by atoms with Crippen LogP contribution in [0.2, 0.25) is 0 Å². The lowest BCUT2D eigenvalue weighted by Gasteiger charge is -2.21. The Kier molecular flexibility index (Phi) is 4.27. The molecule has 1 aromatic heterocycles. The Hall–Kier alpha value is -2.76. The number of aromatic carboxylic acids is 1. The molecule has 0 fully saturated rings. The summed E-state index contributed by atoms with van der Waals surface area (Å²) in [7, 11) is 0. The third-order valence-corrected chi connectivity index (χ3v) is 3.11. The van der Waals surface area contributed by atoms with Crippen LogP contribution in [0.25, 0.3) is 0 Å². The third kappa shape index (κ3) is 3.22. The normalized spacial score (nSPS) is 10.3. The minimum absolute atomic E-state index is 0.0651. The van der Waals surface area contributed by atoms with E-state index in [1.807, 2.05) is 6.92 Å². The number of phenolic OH excluding ortho intramolecular Hbond substituents is 1. The molecule has 21 heavy (non-hydrogen) atoms. The SMILES string of the molecule is CCN(C(=O)Cn1cccc1C(=O)O)c1cccc(O)c1. The van der Waals surface area contributed by atoms with Gasteiger partial charge < -0.3 is 19.7 Å². The van der Waals surface area contributed by atoms with E-state index in [1.54, 1.807) is 24.4 Å². The Balaban J connectivity index is 2.21. The Morgan fingerprint density at radius 3 is 2.62 bits per heavy atom. The number of anilines is 1. The van der Waals surface area contributed by atoms with Crippen molar-refractivity contribution in [2.45, 2.75) is 13.5 Å². The molecule has 0 bridgehead atoms. The molecule has 0 aliphatic heterocycles. The maximum atomic E-state index is 12.4. The maximum Gasteiger partial charge on any atom is 0.352 e. The van der Waals surface area contributed by atoms with Crippen LogP contribution in [-0.2, 0) is 11.3 Å². The number of carbonyl (C=O) groups excluding carboxylic acids is 1. The fraction of sp³-hybridized carbons (Fsp3) is 0.200. The molecule has 1 aromatic carbocycles. The van der Waals surface area contributed by atoms with E-state index in [0.717, 1.165) is 0 Å². The monoisotopic (exact) mass is 288 g/mol.